The van der Waals surface area contributed by atoms with Crippen LogP contribution in [-0.4, -0.2) is 49.8 Å². The van der Waals surface area contributed by atoms with E-state index >= 15 is 0 Å². The number of benzene rings is 2. The first-order valence-corrected chi connectivity index (χ1v) is 10.3. The second-order valence-corrected chi connectivity index (χ2v) is 7.72. The van der Waals surface area contributed by atoms with Gasteiger partial charge in [0.2, 0.25) is 6.79 Å². The predicted octanol–water partition coefficient (Wildman–Crippen LogP) is 4.21. The average molecular weight is 431 g/mol. The number of halogens is 1. The Kier molecular flexibility index (Phi) is 6.40. The van der Waals surface area contributed by atoms with Crippen LogP contribution in [0.15, 0.2) is 42.5 Å². The summed E-state index contributed by atoms with van der Waals surface area (Å²) in [6.07, 6.45) is 1.05. The molecule has 158 valence electrons. The van der Waals surface area contributed by atoms with Gasteiger partial charge in [0.05, 0.1) is 5.69 Å². The zero-order valence-corrected chi connectivity index (χ0v) is 17.2. The summed E-state index contributed by atoms with van der Waals surface area (Å²) in [5.74, 6) is 1.31. The van der Waals surface area contributed by atoms with Crippen molar-refractivity contribution in [3.05, 3.63) is 53.1 Å². The molecule has 0 radical (unpaired) electrons. The van der Waals surface area contributed by atoms with Crippen molar-refractivity contribution in [3.8, 4) is 11.5 Å². The zero-order chi connectivity index (χ0) is 20.9. The Morgan fingerprint density at radius 3 is 2.63 bits per heavy atom. The van der Waals surface area contributed by atoms with Crippen LogP contribution in [0, 0.1) is 5.92 Å². The topological polar surface area (TPSA) is 77.1 Å². The largest absolute Gasteiger partial charge is 0.454 e. The molecule has 2 aliphatic heterocycles. The molecule has 0 aromatic heterocycles. The first-order valence-electron chi connectivity index (χ1n) is 9.94. The van der Waals surface area contributed by atoms with Crippen molar-refractivity contribution in [2.24, 2.45) is 5.92 Å². The standard InChI is InChI=1S/C22H23ClN2O5/c23-17-6-4-15(5-7-17)20(26)16-8-10-25(11-9-16)12-13-28-22(27)24-18-2-1-3-19-21(18)30-14-29-19/h1-7,16H,8-14H2,(H,24,27). The molecule has 0 bridgehead atoms. The number of hydrogen-bond donors (Lipinski definition) is 1. The summed E-state index contributed by atoms with van der Waals surface area (Å²) in [6, 6.07) is 12.3. The van der Waals surface area contributed by atoms with E-state index in [2.05, 4.69) is 10.2 Å². The van der Waals surface area contributed by atoms with Gasteiger partial charge >= 0.3 is 6.09 Å². The van der Waals surface area contributed by atoms with E-state index < -0.39 is 6.09 Å². The summed E-state index contributed by atoms with van der Waals surface area (Å²) >= 11 is 5.89. The number of likely N-dealkylation sites (tertiary alicyclic amines) is 1. The van der Waals surface area contributed by atoms with E-state index in [1.807, 2.05) is 0 Å². The van der Waals surface area contributed by atoms with E-state index in [9.17, 15) is 9.59 Å². The Balaban J connectivity index is 1.18. The fourth-order valence-corrected chi connectivity index (χ4v) is 3.84. The molecule has 2 aromatic carbocycles. The second kappa shape index (κ2) is 9.36. The number of anilines is 1. The molecule has 8 heteroatoms. The molecule has 0 spiro atoms. The minimum atomic E-state index is -0.535. The third-order valence-electron chi connectivity index (χ3n) is 5.36. The van der Waals surface area contributed by atoms with E-state index in [1.54, 1.807) is 42.5 Å². The summed E-state index contributed by atoms with van der Waals surface area (Å²) in [5, 5.41) is 3.31. The first-order chi connectivity index (χ1) is 14.6. The van der Waals surface area contributed by atoms with Crippen molar-refractivity contribution in [2.75, 3.05) is 38.4 Å². The highest BCUT2D eigenvalue weighted by molar-refractivity contribution is 6.30. The number of hydrogen-bond acceptors (Lipinski definition) is 6. The number of Topliss-reactive ketones (excluding diaryl/α,β-unsaturated/α-hetero) is 1. The minimum absolute atomic E-state index is 0.0223. The molecule has 1 saturated heterocycles. The number of para-hydroxylation sites is 1. The summed E-state index contributed by atoms with van der Waals surface area (Å²) < 4.78 is 15.9. The van der Waals surface area contributed by atoms with Gasteiger partial charge in [-0.25, -0.2) is 4.79 Å². The number of amides is 1. The smallest absolute Gasteiger partial charge is 0.411 e. The normalized spacial score (nSPS) is 16.3. The van der Waals surface area contributed by atoms with Crippen LogP contribution in [-0.2, 0) is 4.74 Å². The SMILES string of the molecule is O=C(Nc1cccc2c1OCO2)OCCN1CCC(C(=O)c2ccc(Cl)cc2)CC1. The van der Waals surface area contributed by atoms with Gasteiger partial charge in [0.1, 0.15) is 6.61 Å². The molecule has 4 rings (SSSR count). The van der Waals surface area contributed by atoms with Gasteiger partial charge < -0.3 is 14.2 Å². The Labute approximate surface area is 179 Å². The molecule has 30 heavy (non-hydrogen) atoms. The molecular weight excluding hydrogens is 408 g/mol. The monoisotopic (exact) mass is 430 g/mol. The maximum atomic E-state index is 12.6. The third-order valence-corrected chi connectivity index (χ3v) is 5.61. The fraction of sp³-hybridized carbons (Fsp3) is 0.364. The molecule has 0 atom stereocenters. The Morgan fingerprint density at radius 1 is 1.10 bits per heavy atom. The maximum Gasteiger partial charge on any atom is 0.411 e. The van der Waals surface area contributed by atoms with Crippen molar-refractivity contribution < 1.29 is 23.8 Å². The molecule has 1 fully saturated rings. The van der Waals surface area contributed by atoms with Crippen molar-refractivity contribution in [3.63, 3.8) is 0 Å². The highest BCUT2D eigenvalue weighted by atomic mass is 35.5. The molecular formula is C22H23ClN2O5. The van der Waals surface area contributed by atoms with Crippen LogP contribution in [0.25, 0.3) is 0 Å². The number of rotatable bonds is 6. The number of piperidine rings is 1. The van der Waals surface area contributed by atoms with E-state index in [1.165, 1.54) is 0 Å². The van der Waals surface area contributed by atoms with Crippen LogP contribution < -0.4 is 14.8 Å². The molecule has 2 aliphatic rings. The van der Waals surface area contributed by atoms with Gasteiger partial charge in [-0.05, 0) is 62.3 Å². The lowest BCUT2D eigenvalue weighted by Gasteiger charge is -2.31. The molecule has 1 amide bonds. The van der Waals surface area contributed by atoms with E-state index in [0.29, 0.717) is 34.3 Å². The van der Waals surface area contributed by atoms with Crippen molar-refractivity contribution in [2.45, 2.75) is 12.8 Å². The minimum Gasteiger partial charge on any atom is -0.454 e. The first kappa shape index (κ1) is 20.5. The molecule has 1 N–H and O–H groups in total. The molecule has 0 aliphatic carbocycles. The van der Waals surface area contributed by atoms with Gasteiger partial charge in [0, 0.05) is 23.0 Å². The number of carbonyl (C=O) groups excluding carboxylic acids is 2. The second-order valence-electron chi connectivity index (χ2n) is 7.29. The van der Waals surface area contributed by atoms with Gasteiger partial charge in [-0.3, -0.25) is 15.0 Å². The summed E-state index contributed by atoms with van der Waals surface area (Å²) in [5.41, 5.74) is 1.23. The number of nitrogens with zero attached hydrogens (tertiary/aromatic N) is 1. The van der Waals surface area contributed by atoms with Gasteiger partial charge in [-0.15, -0.1) is 0 Å². The molecule has 0 unspecified atom stereocenters. The summed E-state index contributed by atoms with van der Waals surface area (Å²) in [7, 11) is 0. The quantitative estimate of drug-likeness (QED) is 0.692. The van der Waals surface area contributed by atoms with Crippen LogP contribution in [0.2, 0.25) is 5.02 Å². The number of ether oxygens (including phenoxy) is 3. The molecule has 7 nitrogen and oxygen atoms in total. The Hall–Kier alpha value is -2.77. The maximum absolute atomic E-state index is 12.6. The van der Waals surface area contributed by atoms with E-state index in [4.69, 9.17) is 25.8 Å². The van der Waals surface area contributed by atoms with Gasteiger partial charge in [0.25, 0.3) is 0 Å². The number of nitrogens with one attached hydrogen (secondary N) is 1. The van der Waals surface area contributed by atoms with Crippen LogP contribution in [0.3, 0.4) is 0 Å². The lowest BCUT2D eigenvalue weighted by molar-refractivity contribution is 0.0813. The van der Waals surface area contributed by atoms with Crippen LogP contribution >= 0.6 is 11.6 Å². The predicted molar refractivity (Wildman–Crippen MR) is 112 cm³/mol. The highest BCUT2D eigenvalue weighted by Crippen LogP contribution is 2.38. The van der Waals surface area contributed by atoms with Gasteiger partial charge in [0.15, 0.2) is 17.3 Å². The van der Waals surface area contributed by atoms with Crippen LogP contribution in [0.5, 0.6) is 11.5 Å². The Bertz CT molecular complexity index is 910. The van der Waals surface area contributed by atoms with Crippen molar-refractivity contribution in [1.82, 2.24) is 4.90 Å². The highest BCUT2D eigenvalue weighted by Gasteiger charge is 2.26. The van der Waals surface area contributed by atoms with Crippen LogP contribution in [0.1, 0.15) is 23.2 Å². The summed E-state index contributed by atoms with van der Waals surface area (Å²) in [6.45, 7) is 2.63. The van der Waals surface area contributed by atoms with Gasteiger partial charge in [-0.2, -0.15) is 0 Å². The van der Waals surface area contributed by atoms with Crippen LogP contribution in [0.4, 0.5) is 10.5 Å². The lowest BCUT2D eigenvalue weighted by Crippen LogP contribution is -2.38. The number of ketones is 1. The van der Waals surface area contributed by atoms with Crippen molar-refractivity contribution in [1.29, 1.82) is 0 Å². The summed E-state index contributed by atoms with van der Waals surface area (Å²) in [4.78, 5) is 26.9. The number of fused-ring (bicyclic) bond motifs is 1. The van der Waals surface area contributed by atoms with Crippen molar-refractivity contribution >= 4 is 29.2 Å². The third kappa shape index (κ3) is 4.86. The van der Waals surface area contributed by atoms with Gasteiger partial charge in [-0.1, -0.05) is 17.7 Å². The molecule has 2 aromatic rings. The lowest BCUT2D eigenvalue weighted by atomic mass is 9.89. The van der Waals surface area contributed by atoms with E-state index in [0.717, 1.165) is 25.9 Å². The molecule has 0 saturated carbocycles. The fourth-order valence-electron chi connectivity index (χ4n) is 3.71. The average Bonchev–Trinajstić information content (AvgIpc) is 3.24. The van der Waals surface area contributed by atoms with E-state index in [-0.39, 0.29) is 25.1 Å². The Morgan fingerprint density at radius 2 is 1.87 bits per heavy atom. The zero-order valence-electron chi connectivity index (χ0n) is 16.4. The molecule has 2 heterocycles. The number of carbonyl (C=O) groups is 2.